The van der Waals surface area contributed by atoms with Crippen molar-refractivity contribution < 1.29 is 0 Å². The van der Waals surface area contributed by atoms with Crippen molar-refractivity contribution >= 4 is 10.8 Å². The first kappa shape index (κ1) is 13.8. The highest BCUT2D eigenvalue weighted by atomic mass is 15.2. The summed E-state index contributed by atoms with van der Waals surface area (Å²) in [5.74, 6) is 6.83. The molecule has 0 spiro atoms. The summed E-state index contributed by atoms with van der Waals surface area (Å²) in [4.78, 5) is 4.36. The van der Waals surface area contributed by atoms with Gasteiger partial charge in [-0.1, -0.05) is 36.4 Å². The quantitative estimate of drug-likeness (QED) is 0.558. The summed E-state index contributed by atoms with van der Waals surface area (Å²) in [5, 5.41) is 2.49. The zero-order chi connectivity index (χ0) is 14.7. The second-order valence-corrected chi connectivity index (χ2v) is 5.32. The topological polar surface area (TPSA) is 55.9 Å². The lowest BCUT2D eigenvalue weighted by molar-refractivity contribution is 0.507. The molecule has 0 saturated carbocycles. The summed E-state index contributed by atoms with van der Waals surface area (Å²) in [6.07, 6.45) is 5.61. The van der Waals surface area contributed by atoms with Crippen molar-refractivity contribution in [3.8, 4) is 0 Å². The Balaban J connectivity index is 1.79. The first-order valence-corrected chi connectivity index (χ1v) is 7.19. The zero-order valence-corrected chi connectivity index (χ0v) is 12.2. The first-order chi connectivity index (χ1) is 10.3. The van der Waals surface area contributed by atoms with Crippen LogP contribution >= 0.6 is 0 Å². The SMILES string of the molecule is Cn1ccnc1CCC(NN)c1ccc2ccccc2c1. The van der Waals surface area contributed by atoms with Gasteiger partial charge in [-0.15, -0.1) is 0 Å². The molecule has 3 rings (SSSR count). The molecule has 1 atom stereocenters. The van der Waals surface area contributed by atoms with Gasteiger partial charge in [-0.2, -0.15) is 0 Å². The lowest BCUT2D eigenvalue weighted by Crippen LogP contribution is -2.28. The number of aryl methyl sites for hydroxylation is 2. The van der Waals surface area contributed by atoms with Gasteiger partial charge in [0.1, 0.15) is 5.82 Å². The molecule has 0 radical (unpaired) electrons. The molecule has 3 N–H and O–H groups in total. The Hall–Kier alpha value is -2.17. The number of nitrogens with two attached hydrogens (primary N) is 1. The van der Waals surface area contributed by atoms with Crippen LogP contribution in [0.25, 0.3) is 10.8 Å². The molecule has 0 bridgehead atoms. The van der Waals surface area contributed by atoms with E-state index in [0.29, 0.717) is 0 Å². The number of nitrogens with zero attached hydrogens (tertiary/aromatic N) is 2. The maximum atomic E-state index is 5.75. The Bertz CT molecular complexity index is 732. The van der Waals surface area contributed by atoms with Gasteiger partial charge in [0.2, 0.25) is 0 Å². The third-order valence-electron chi connectivity index (χ3n) is 3.95. The van der Waals surface area contributed by atoms with Gasteiger partial charge in [0, 0.05) is 31.9 Å². The molecule has 2 aromatic carbocycles. The van der Waals surface area contributed by atoms with Crippen LogP contribution in [0.3, 0.4) is 0 Å². The minimum Gasteiger partial charge on any atom is -0.338 e. The molecule has 0 fully saturated rings. The second-order valence-electron chi connectivity index (χ2n) is 5.32. The number of hydrazine groups is 1. The molecular formula is C17H20N4. The van der Waals surface area contributed by atoms with Gasteiger partial charge < -0.3 is 4.57 Å². The molecule has 1 heterocycles. The summed E-state index contributed by atoms with van der Waals surface area (Å²) < 4.78 is 2.05. The largest absolute Gasteiger partial charge is 0.338 e. The molecule has 0 aliphatic heterocycles. The van der Waals surface area contributed by atoms with E-state index in [2.05, 4.69) is 52.9 Å². The second kappa shape index (κ2) is 6.08. The Morgan fingerprint density at radius 2 is 2.00 bits per heavy atom. The fourth-order valence-electron chi connectivity index (χ4n) is 2.68. The number of hydrogen-bond donors (Lipinski definition) is 2. The van der Waals surface area contributed by atoms with Gasteiger partial charge in [0.25, 0.3) is 0 Å². The fourth-order valence-corrected chi connectivity index (χ4v) is 2.68. The van der Waals surface area contributed by atoms with Crippen LogP contribution in [0.15, 0.2) is 54.9 Å². The van der Waals surface area contributed by atoms with Crippen molar-refractivity contribution in [2.75, 3.05) is 0 Å². The molecule has 0 amide bonds. The van der Waals surface area contributed by atoms with Crippen LogP contribution in [0, 0.1) is 0 Å². The van der Waals surface area contributed by atoms with Crippen molar-refractivity contribution in [3.63, 3.8) is 0 Å². The van der Waals surface area contributed by atoms with Crippen molar-refractivity contribution in [2.45, 2.75) is 18.9 Å². The summed E-state index contributed by atoms with van der Waals surface area (Å²) in [6, 6.07) is 15.0. The summed E-state index contributed by atoms with van der Waals surface area (Å²) in [7, 11) is 2.02. The number of fused-ring (bicyclic) bond motifs is 1. The fraction of sp³-hybridized carbons (Fsp3) is 0.235. The predicted molar refractivity (Wildman–Crippen MR) is 85.5 cm³/mol. The van der Waals surface area contributed by atoms with Crippen LogP contribution in [-0.4, -0.2) is 9.55 Å². The molecule has 1 aromatic heterocycles. The van der Waals surface area contributed by atoms with E-state index in [1.54, 1.807) is 0 Å². The molecule has 0 aliphatic rings. The highest BCUT2D eigenvalue weighted by molar-refractivity contribution is 5.83. The van der Waals surface area contributed by atoms with E-state index in [4.69, 9.17) is 5.84 Å². The van der Waals surface area contributed by atoms with E-state index >= 15 is 0 Å². The Kier molecular flexibility index (Phi) is 3.99. The number of benzene rings is 2. The Morgan fingerprint density at radius 1 is 1.19 bits per heavy atom. The Morgan fingerprint density at radius 3 is 2.71 bits per heavy atom. The van der Waals surface area contributed by atoms with Crippen LogP contribution in [0.4, 0.5) is 0 Å². The van der Waals surface area contributed by atoms with Crippen molar-refractivity contribution in [1.29, 1.82) is 0 Å². The number of nitrogens with one attached hydrogen (secondary N) is 1. The smallest absolute Gasteiger partial charge is 0.108 e. The molecule has 4 heteroatoms. The van der Waals surface area contributed by atoms with Crippen molar-refractivity contribution in [3.05, 3.63) is 66.2 Å². The minimum atomic E-state index is 0.131. The summed E-state index contributed by atoms with van der Waals surface area (Å²) in [5.41, 5.74) is 4.14. The molecule has 108 valence electrons. The molecule has 3 aromatic rings. The summed E-state index contributed by atoms with van der Waals surface area (Å²) >= 11 is 0. The van der Waals surface area contributed by atoms with Crippen molar-refractivity contribution in [2.24, 2.45) is 12.9 Å². The monoisotopic (exact) mass is 280 g/mol. The third-order valence-corrected chi connectivity index (χ3v) is 3.95. The number of hydrogen-bond acceptors (Lipinski definition) is 3. The maximum absolute atomic E-state index is 5.75. The summed E-state index contributed by atoms with van der Waals surface area (Å²) in [6.45, 7) is 0. The van der Waals surface area contributed by atoms with Gasteiger partial charge >= 0.3 is 0 Å². The van der Waals surface area contributed by atoms with E-state index in [9.17, 15) is 0 Å². The Labute approximate surface area is 124 Å². The lowest BCUT2D eigenvalue weighted by Gasteiger charge is -2.17. The number of rotatable bonds is 5. The average molecular weight is 280 g/mol. The maximum Gasteiger partial charge on any atom is 0.108 e. The van der Waals surface area contributed by atoms with Gasteiger partial charge in [0.05, 0.1) is 0 Å². The van der Waals surface area contributed by atoms with Crippen LogP contribution in [0.5, 0.6) is 0 Å². The van der Waals surface area contributed by atoms with E-state index in [1.807, 2.05) is 24.0 Å². The van der Waals surface area contributed by atoms with Gasteiger partial charge in [-0.05, 0) is 28.8 Å². The van der Waals surface area contributed by atoms with Crippen LogP contribution < -0.4 is 11.3 Å². The average Bonchev–Trinajstić information content (AvgIpc) is 2.93. The van der Waals surface area contributed by atoms with E-state index < -0.39 is 0 Å². The molecule has 0 saturated heterocycles. The van der Waals surface area contributed by atoms with Crippen LogP contribution in [0.1, 0.15) is 23.9 Å². The standard InChI is InChI=1S/C17H20N4/c1-21-11-10-19-17(21)9-8-16(20-18)15-7-6-13-4-2-3-5-14(13)12-15/h2-7,10-12,16,20H,8-9,18H2,1H3. The normalized spacial score (nSPS) is 12.7. The third kappa shape index (κ3) is 2.96. The lowest BCUT2D eigenvalue weighted by atomic mass is 9.99. The highest BCUT2D eigenvalue weighted by Gasteiger charge is 2.11. The van der Waals surface area contributed by atoms with Crippen molar-refractivity contribution in [1.82, 2.24) is 15.0 Å². The molecular weight excluding hydrogens is 260 g/mol. The molecule has 1 unspecified atom stereocenters. The van der Waals surface area contributed by atoms with Gasteiger partial charge in [0.15, 0.2) is 0 Å². The van der Waals surface area contributed by atoms with Crippen LogP contribution in [0.2, 0.25) is 0 Å². The number of aromatic nitrogens is 2. The van der Waals surface area contributed by atoms with Gasteiger partial charge in [-0.3, -0.25) is 11.3 Å². The first-order valence-electron chi connectivity index (χ1n) is 7.19. The molecule has 0 aliphatic carbocycles. The zero-order valence-electron chi connectivity index (χ0n) is 12.2. The minimum absolute atomic E-state index is 0.131. The molecule has 4 nitrogen and oxygen atoms in total. The number of imidazole rings is 1. The highest BCUT2D eigenvalue weighted by Crippen LogP contribution is 2.23. The van der Waals surface area contributed by atoms with E-state index in [1.165, 1.54) is 16.3 Å². The molecule has 21 heavy (non-hydrogen) atoms. The van der Waals surface area contributed by atoms with E-state index in [0.717, 1.165) is 18.7 Å². The predicted octanol–water partition coefficient (Wildman–Crippen LogP) is 2.71. The van der Waals surface area contributed by atoms with Crippen LogP contribution in [-0.2, 0) is 13.5 Å². The van der Waals surface area contributed by atoms with Gasteiger partial charge in [-0.25, -0.2) is 4.98 Å². The van der Waals surface area contributed by atoms with E-state index in [-0.39, 0.29) is 6.04 Å².